The highest BCUT2D eigenvalue weighted by Crippen LogP contribution is 2.42. The van der Waals surface area contributed by atoms with Gasteiger partial charge in [0.2, 0.25) is 0 Å². The number of carbonyl (C=O) groups is 1. The molecule has 1 fully saturated rings. The van der Waals surface area contributed by atoms with E-state index in [1.165, 1.54) is 18.4 Å². The Morgan fingerprint density at radius 3 is 2.64 bits per heavy atom. The van der Waals surface area contributed by atoms with E-state index in [1.807, 2.05) is 30.3 Å². The van der Waals surface area contributed by atoms with Gasteiger partial charge in [0.25, 0.3) is 11.3 Å². The average Bonchev–Trinajstić information content (AvgIpc) is 2.96. The van der Waals surface area contributed by atoms with Gasteiger partial charge in [-0.3, -0.25) is 19.2 Å². The Kier molecular flexibility index (Phi) is 4.32. The van der Waals surface area contributed by atoms with E-state index in [9.17, 15) is 14.4 Å². The number of ether oxygens (including phenoxy) is 1. The van der Waals surface area contributed by atoms with Crippen LogP contribution in [0, 0.1) is 6.92 Å². The van der Waals surface area contributed by atoms with Crippen LogP contribution in [0.15, 0.2) is 46.1 Å². The lowest BCUT2D eigenvalue weighted by molar-refractivity contribution is -0.236. The predicted octanol–water partition coefficient (Wildman–Crippen LogP) is 0.679. The van der Waals surface area contributed by atoms with Crippen molar-refractivity contribution in [1.82, 2.24) is 14.6 Å². The number of hydrogen-bond donors (Lipinski definition) is 1. The number of H-pyrrole nitrogens is 1. The molecule has 1 aliphatic heterocycles. The largest absolute Gasteiger partial charge is 0.465 e. The molecule has 0 amide bonds. The fourth-order valence-electron chi connectivity index (χ4n) is 3.09. The van der Waals surface area contributed by atoms with Gasteiger partial charge in [-0.25, -0.2) is 9.59 Å². The number of aryl methyl sites for hydroxylation is 1. The van der Waals surface area contributed by atoms with Crippen molar-refractivity contribution >= 4 is 5.97 Å². The van der Waals surface area contributed by atoms with Gasteiger partial charge in [-0.05, 0) is 12.5 Å². The van der Waals surface area contributed by atoms with Gasteiger partial charge < -0.3 is 4.74 Å². The van der Waals surface area contributed by atoms with Crippen molar-refractivity contribution in [1.29, 1.82) is 0 Å². The molecule has 0 spiro atoms. The van der Waals surface area contributed by atoms with Crippen LogP contribution in [0.2, 0.25) is 0 Å². The van der Waals surface area contributed by atoms with Gasteiger partial charge in [0.15, 0.2) is 0 Å². The Morgan fingerprint density at radius 2 is 2.00 bits per heavy atom. The predicted molar refractivity (Wildman–Crippen MR) is 88.7 cm³/mol. The minimum absolute atomic E-state index is 0.158. The third-order valence-corrected chi connectivity index (χ3v) is 4.40. The van der Waals surface area contributed by atoms with Crippen molar-refractivity contribution < 1.29 is 14.4 Å². The van der Waals surface area contributed by atoms with Crippen molar-refractivity contribution in [3.63, 3.8) is 0 Å². The van der Waals surface area contributed by atoms with Gasteiger partial charge >= 0.3 is 11.7 Å². The van der Waals surface area contributed by atoms with Crippen LogP contribution in [0.4, 0.5) is 0 Å². The number of nitrogens with zero attached hydrogens (tertiary/aromatic N) is 2. The van der Waals surface area contributed by atoms with Crippen molar-refractivity contribution in [2.45, 2.75) is 25.1 Å². The molecule has 8 nitrogen and oxygen atoms in total. The smallest absolute Gasteiger partial charge is 0.362 e. The number of esters is 1. The minimum atomic E-state index is -1.68. The first kappa shape index (κ1) is 17.1. The number of methoxy groups -OCH3 is 1. The monoisotopic (exact) mass is 345 g/mol. The maximum atomic E-state index is 12.6. The molecule has 3 rings (SSSR count). The zero-order valence-corrected chi connectivity index (χ0v) is 14.2. The summed E-state index contributed by atoms with van der Waals surface area (Å²) in [5.74, 6) is -0.716. The quantitative estimate of drug-likeness (QED) is 0.822. The molecular formula is C17H19N3O5. The van der Waals surface area contributed by atoms with E-state index in [1.54, 1.807) is 14.0 Å². The summed E-state index contributed by atoms with van der Waals surface area (Å²) in [6.45, 7) is 1.55. The van der Waals surface area contributed by atoms with Crippen LogP contribution in [0.1, 0.15) is 23.6 Å². The van der Waals surface area contributed by atoms with Gasteiger partial charge in [-0.15, -0.1) is 0 Å². The standard InChI is InChI=1S/C17H19N3O5/c1-11-10-20(16(23)18-14(11)21)17(15(22)24-3)9-13(19(2)25-17)12-7-5-4-6-8-12/h4-8,10,13H,9H2,1-3H3,(H,18,21,23)/t13-,17-/m1/s1. The summed E-state index contributed by atoms with van der Waals surface area (Å²) in [7, 11) is 2.92. The molecule has 2 aromatic rings. The molecule has 0 radical (unpaired) electrons. The number of hydrogen-bond acceptors (Lipinski definition) is 6. The van der Waals surface area contributed by atoms with Gasteiger partial charge in [0.05, 0.1) is 13.2 Å². The summed E-state index contributed by atoms with van der Waals surface area (Å²) in [4.78, 5) is 44.6. The highest BCUT2D eigenvalue weighted by molar-refractivity contribution is 5.77. The average molecular weight is 345 g/mol. The van der Waals surface area contributed by atoms with Crippen LogP contribution in [0.5, 0.6) is 0 Å². The number of benzene rings is 1. The molecule has 0 bridgehead atoms. The third kappa shape index (κ3) is 2.79. The Hall–Kier alpha value is -2.71. The van der Waals surface area contributed by atoms with Crippen LogP contribution in [0.25, 0.3) is 0 Å². The van der Waals surface area contributed by atoms with Gasteiger partial charge in [0.1, 0.15) is 0 Å². The van der Waals surface area contributed by atoms with Crippen molar-refractivity contribution in [2.75, 3.05) is 14.2 Å². The maximum absolute atomic E-state index is 12.6. The van der Waals surface area contributed by atoms with E-state index >= 15 is 0 Å². The zero-order chi connectivity index (χ0) is 18.2. The van der Waals surface area contributed by atoms with E-state index in [4.69, 9.17) is 9.57 Å². The van der Waals surface area contributed by atoms with Crippen LogP contribution < -0.4 is 11.2 Å². The molecule has 1 saturated heterocycles. The fraction of sp³-hybridized carbons (Fsp3) is 0.353. The van der Waals surface area contributed by atoms with Crippen molar-refractivity contribution in [3.05, 3.63) is 68.5 Å². The third-order valence-electron chi connectivity index (χ3n) is 4.40. The molecule has 2 heterocycles. The molecule has 0 aliphatic carbocycles. The van der Waals surface area contributed by atoms with Crippen molar-refractivity contribution in [3.8, 4) is 0 Å². The normalized spacial score (nSPS) is 23.6. The van der Waals surface area contributed by atoms with Gasteiger partial charge in [0, 0.05) is 25.2 Å². The number of aromatic nitrogens is 2. The van der Waals surface area contributed by atoms with Gasteiger partial charge in [-0.1, -0.05) is 30.3 Å². The van der Waals surface area contributed by atoms with E-state index < -0.39 is 22.9 Å². The molecule has 0 unspecified atom stereocenters. The summed E-state index contributed by atoms with van der Waals surface area (Å²) >= 11 is 0. The molecule has 0 saturated carbocycles. The van der Waals surface area contributed by atoms with E-state index in [2.05, 4.69) is 4.98 Å². The number of nitrogens with one attached hydrogen (secondary N) is 1. The lowest BCUT2D eigenvalue weighted by atomic mass is 9.98. The first-order valence-corrected chi connectivity index (χ1v) is 7.77. The Bertz CT molecular complexity index is 904. The van der Waals surface area contributed by atoms with E-state index in [0.717, 1.165) is 10.1 Å². The van der Waals surface area contributed by atoms with Gasteiger partial charge in [-0.2, -0.15) is 5.06 Å². The topological polar surface area (TPSA) is 93.6 Å². The number of hydroxylamine groups is 2. The van der Waals surface area contributed by atoms with Crippen LogP contribution in [-0.4, -0.2) is 34.7 Å². The Balaban J connectivity index is 2.14. The second-order valence-corrected chi connectivity index (χ2v) is 5.99. The van der Waals surface area contributed by atoms with Crippen molar-refractivity contribution in [2.24, 2.45) is 0 Å². The van der Waals surface area contributed by atoms with Crippen LogP contribution in [-0.2, 0) is 20.1 Å². The number of rotatable bonds is 3. The minimum Gasteiger partial charge on any atom is -0.465 e. The summed E-state index contributed by atoms with van der Waals surface area (Å²) in [5, 5.41) is 1.53. The highest BCUT2D eigenvalue weighted by Gasteiger charge is 2.54. The molecule has 132 valence electrons. The summed E-state index contributed by atoms with van der Waals surface area (Å²) in [5.41, 5.74) is -1.70. The lowest BCUT2D eigenvalue weighted by Gasteiger charge is -2.27. The molecule has 8 heteroatoms. The second kappa shape index (κ2) is 6.30. The molecule has 25 heavy (non-hydrogen) atoms. The Labute approximate surface area is 143 Å². The van der Waals surface area contributed by atoms with Crippen LogP contribution in [0.3, 0.4) is 0 Å². The molecule has 1 aromatic carbocycles. The summed E-state index contributed by atoms with van der Waals surface area (Å²) < 4.78 is 6.00. The molecule has 2 atom stereocenters. The number of aromatic amines is 1. The molecular weight excluding hydrogens is 326 g/mol. The van der Waals surface area contributed by atoms with Crippen LogP contribution >= 0.6 is 0 Å². The zero-order valence-electron chi connectivity index (χ0n) is 14.2. The molecule has 1 N–H and O–H groups in total. The first-order chi connectivity index (χ1) is 11.9. The lowest BCUT2D eigenvalue weighted by Crippen LogP contribution is -2.50. The summed E-state index contributed by atoms with van der Waals surface area (Å²) in [6, 6.07) is 9.23. The highest BCUT2D eigenvalue weighted by atomic mass is 16.7. The van der Waals surface area contributed by atoms with E-state index in [0.29, 0.717) is 0 Å². The fourth-order valence-corrected chi connectivity index (χ4v) is 3.09. The molecule has 1 aliphatic rings. The number of carbonyl (C=O) groups excluding carboxylic acids is 1. The van der Waals surface area contributed by atoms with E-state index in [-0.39, 0.29) is 18.0 Å². The maximum Gasteiger partial charge on any atom is 0.362 e. The molecule has 1 aromatic heterocycles. The summed E-state index contributed by atoms with van der Waals surface area (Å²) in [6.07, 6.45) is 1.48. The first-order valence-electron chi connectivity index (χ1n) is 7.77. The second-order valence-electron chi connectivity index (χ2n) is 5.99. The Morgan fingerprint density at radius 1 is 1.32 bits per heavy atom. The SMILES string of the molecule is COC(=O)[C@@]1(n2cc(C)c(=O)[nH]c2=O)C[C@H](c2ccccc2)N(C)O1.